The molecule has 0 spiro atoms. The molecule has 0 radical (unpaired) electrons. The molecule has 150 valence electrons. The lowest BCUT2D eigenvalue weighted by Gasteiger charge is -2.31. The van der Waals surface area contributed by atoms with E-state index in [9.17, 15) is 4.79 Å². The number of carbonyl (C=O) groups excluding carboxylic acids is 1. The molecule has 0 aliphatic carbocycles. The van der Waals surface area contributed by atoms with Gasteiger partial charge in [-0.15, -0.1) is 0 Å². The fraction of sp³-hybridized carbons (Fsp3) is 0.333. The first-order valence-electron chi connectivity index (χ1n) is 9.62. The zero-order valence-corrected chi connectivity index (χ0v) is 16.2. The van der Waals surface area contributed by atoms with Crippen LogP contribution in [0.2, 0.25) is 0 Å². The summed E-state index contributed by atoms with van der Waals surface area (Å²) in [6, 6.07) is 11.2. The SMILES string of the molecule is COc1ccc(CNC(=O)N2CCCC(c3nc(-c4ccncc4)no3)C2)cc1. The van der Waals surface area contributed by atoms with Gasteiger partial charge < -0.3 is 19.5 Å². The van der Waals surface area contributed by atoms with Gasteiger partial charge in [-0.1, -0.05) is 17.3 Å². The number of piperidine rings is 1. The maximum absolute atomic E-state index is 12.6. The van der Waals surface area contributed by atoms with Crippen LogP contribution in [0, 0.1) is 0 Å². The summed E-state index contributed by atoms with van der Waals surface area (Å²) in [4.78, 5) is 23.0. The molecule has 2 aromatic heterocycles. The summed E-state index contributed by atoms with van der Waals surface area (Å²) < 4.78 is 10.6. The molecule has 0 saturated carbocycles. The van der Waals surface area contributed by atoms with Crippen LogP contribution in [0.1, 0.15) is 30.2 Å². The molecular weight excluding hydrogens is 370 g/mol. The number of ether oxygens (including phenoxy) is 1. The highest BCUT2D eigenvalue weighted by Crippen LogP contribution is 2.27. The third-order valence-electron chi connectivity index (χ3n) is 5.04. The minimum atomic E-state index is -0.0839. The Morgan fingerprint density at radius 3 is 2.79 bits per heavy atom. The molecule has 1 aromatic carbocycles. The van der Waals surface area contributed by atoms with E-state index in [1.807, 2.05) is 41.3 Å². The zero-order chi connectivity index (χ0) is 20.1. The lowest BCUT2D eigenvalue weighted by Crippen LogP contribution is -2.44. The summed E-state index contributed by atoms with van der Waals surface area (Å²) in [5.41, 5.74) is 1.88. The van der Waals surface area contributed by atoms with Crippen LogP contribution in [0.25, 0.3) is 11.4 Å². The minimum Gasteiger partial charge on any atom is -0.497 e. The Hall–Kier alpha value is -3.42. The predicted octanol–water partition coefficient (Wildman–Crippen LogP) is 3.23. The minimum absolute atomic E-state index is 0.0403. The Morgan fingerprint density at radius 2 is 2.03 bits per heavy atom. The van der Waals surface area contributed by atoms with Crippen LogP contribution in [-0.4, -0.2) is 46.3 Å². The molecule has 2 amide bonds. The van der Waals surface area contributed by atoms with Crippen LogP contribution < -0.4 is 10.1 Å². The molecule has 1 fully saturated rings. The predicted molar refractivity (Wildman–Crippen MR) is 106 cm³/mol. The van der Waals surface area contributed by atoms with Gasteiger partial charge in [-0.25, -0.2) is 4.79 Å². The van der Waals surface area contributed by atoms with Crippen molar-refractivity contribution in [2.24, 2.45) is 0 Å². The summed E-state index contributed by atoms with van der Waals surface area (Å²) in [7, 11) is 1.63. The fourth-order valence-corrected chi connectivity index (χ4v) is 3.42. The average molecular weight is 393 g/mol. The second-order valence-electron chi connectivity index (χ2n) is 6.98. The van der Waals surface area contributed by atoms with Gasteiger partial charge in [-0.05, 0) is 42.7 Å². The number of nitrogens with zero attached hydrogens (tertiary/aromatic N) is 4. The highest BCUT2D eigenvalue weighted by molar-refractivity contribution is 5.74. The van der Waals surface area contributed by atoms with E-state index in [0.29, 0.717) is 24.8 Å². The fourth-order valence-electron chi connectivity index (χ4n) is 3.42. The third-order valence-corrected chi connectivity index (χ3v) is 5.04. The average Bonchev–Trinajstić information content (AvgIpc) is 3.29. The highest BCUT2D eigenvalue weighted by Gasteiger charge is 2.28. The molecule has 8 nitrogen and oxygen atoms in total. The monoisotopic (exact) mass is 393 g/mol. The van der Waals surface area contributed by atoms with Crippen LogP contribution in [0.3, 0.4) is 0 Å². The Balaban J connectivity index is 1.35. The number of aromatic nitrogens is 3. The highest BCUT2D eigenvalue weighted by atomic mass is 16.5. The number of urea groups is 1. The Morgan fingerprint density at radius 1 is 1.24 bits per heavy atom. The van der Waals surface area contributed by atoms with Crippen molar-refractivity contribution in [3.05, 3.63) is 60.2 Å². The number of benzene rings is 1. The molecule has 0 bridgehead atoms. The normalized spacial score (nSPS) is 16.4. The van der Waals surface area contributed by atoms with Gasteiger partial charge >= 0.3 is 6.03 Å². The van der Waals surface area contributed by atoms with Gasteiger partial charge in [0.2, 0.25) is 11.7 Å². The van der Waals surface area contributed by atoms with E-state index in [1.54, 1.807) is 19.5 Å². The van der Waals surface area contributed by atoms with Gasteiger partial charge in [0.25, 0.3) is 0 Å². The lowest BCUT2D eigenvalue weighted by atomic mass is 9.98. The number of hydrogen-bond acceptors (Lipinski definition) is 6. The van der Waals surface area contributed by atoms with Crippen LogP contribution in [-0.2, 0) is 6.54 Å². The summed E-state index contributed by atoms with van der Waals surface area (Å²) in [6.07, 6.45) is 5.20. The number of amides is 2. The molecule has 1 unspecified atom stereocenters. The van der Waals surface area contributed by atoms with Gasteiger partial charge in [0.15, 0.2) is 0 Å². The molecule has 3 heterocycles. The Bertz CT molecular complexity index is 942. The number of nitrogens with one attached hydrogen (secondary N) is 1. The first-order valence-corrected chi connectivity index (χ1v) is 9.62. The molecule has 8 heteroatoms. The number of hydrogen-bond donors (Lipinski definition) is 1. The summed E-state index contributed by atoms with van der Waals surface area (Å²) in [6.45, 7) is 1.75. The lowest BCUT2D eigenvalue weighted by molar-refractivity contribution is 0.171. The number of rotatable bonds is 5. The Labute approximate surface area is 168 Å². The van der Waals surface area contributed by atoms with Crippen molar-refractivity contribution in [3.63, 3.8) is 0 Å². The molecule has 3 aromatic rings. The number of pyridine rings is 1. The quantitative estimate of drug-likeness (QED) is 0.715. The third kappa shape index (κ3) is 4.53. The molecular formula is C21H23N5O3. The summed E-state index contributed by atoms with van der Waals surface area (Å²) >= 11 is 0. The van der Waals surface area contributed by atoms with Crippen molar-refractivity contribution in [2.75, 3.05) is 20.2 Å². The van der Waals surface area contributed by atoms with Crippen molar-refractivity contribution in [3.8, 4) is 17.1 Å². The van der Waals surface area contributed by atoms with Gasteiger partial charge in [-0.2, -0.15) is 4.98 Å². The van der Waals surface area contributed by atoms with E-state index < -0.39 is 0 Å². The van der Waals surface area contributed by atoms with Crippen molar-refractivity contribution in [1.29, 1.82) is 0 Å². The van der Waals surface area contributed by atoms with E-state index in [1.165, 1.54) is 0 Å². The van der Waals surface area contributed by atoms with Crippen molar-refractivity contribution in [1.82, 2.24) is 25.3 Å². The van der Waals surface area contributed by atoms with Crippen molar-refractivity contribution < 1.29 is 14.1 Å². The molecule has 1 aliphatic rings. The van der Waals surface area contributed by atoms with E-state index >= 15 is 0 Å². The Kier molecular flexibility index (Phi) is 5.69. The molecule has 29 heavy (non-hydrogen) atoms. The number of methoxy groups -OCH3 is 1. The van der Waals surface area contributed by atoms with Crippen LogP contribution in [0.4, 0.5) is 4.79 Å². The van der Waals surface area contributed by atoms with Crippen molar-refractivity contribution >= 4 is 6.03 Å². The van der Waals surface area contributed by atoms with Crippen LogP contribution >= 0.6 is 0 Å². The van der Waals surface area contributed by atoms with Crippen molar-refractivity contribution in [2.45, 2.75) is 25.3 Å². The summed E-state index contributed by atoms with van der Waals surface area (Å²) in [5, 5.41) is 7.06. The molecule has 1 aliphatic heterocycles. The van der Waals surface area contributed by atoms with E-state index in [0.717, 1.165) is 36.3 Å². The molecule has 1 N–H and O–H groups in total. The molecule has 1 saturated heterocycles. The maximum atomic E-state index is 12.6. The summed E-state index contributed by atoms with van der Waals surface area (Å²) in [5.74, 6) is 1.95. The maximum Gasteiger partial charge on any atom is 0.317 e. The van der Waals surface area contributed by atoms with Crippen LogP contribution in [0.15, 0.2) is 53.3 Å². The van der Waals surface area contributed by atoms with Gasteiger partial charge in [0.05, 0.1) is 13.0 Å². The topological polar surface area (TPSA) is 93.4 Å². The largest absolute Gasteiger partial charge is 0.497 e. The second-order valence-corrected chi connectivity index (χ2v) is 6.98. The standard InChI is InChI=1S/C21H23N5O3/c1-28-18-6-4-15(5-7-18)13-23-21(27)26-12-2-3-17(14-26)20-24-19(25-29-20)16-8-10-22-11-9-16/h4-11,17H,2-3,12-14H2,1H3,(H,23,27). The van der Waals surface area contributed by atoms with E-state index in [4.69, 9.17) is 9.26 Å². The molecule has 4 rings (SSSR count). The van der Waals surface area contributed by atoms with Gasteiger partial charge in [0, 0.05) is 37.6 Å². The first-order chi connectivity index (χ1) is 14.2. The van der Waals surface area contributed by atoms with E-state index in [2.05, 4.69) is 20.4 Å². The van der Waals surface area contributed by atoms with E-state index in [-0.39, 0.29) is 11.9 Å². The number of likely N-dealkylation sites (tertiary alicyclic amines) is 1. The number of carbonyl (C=O) groups is 1. The van der Waals surface area contributed by atoms with Gasteiger partial charge in [0.1, 0.15) is 5.75 Å². The van der Waals surface area contributed by atoms with Gasteiger partial charge in [-0.3, -0.25) is 4.98 Å². The zero-order valence-electron chi connectivity index (χ0n) is 16.2. The second kappa shape index (κ2) is 8.72. The first kappa shape index (κ1) is 18.9. The van der Waals surface area contributed by atoms with Crippen LogP contribution in [0.5, 0.6) is 5.75 Å². The molecule has 1 atom stereocenters. The smallest absolute Gasteiger partial charge is 0.317 e.